The molecule has 1 aromatic rings. The number of halogens is 4. The molecule has 0 aromatic heterocycles. The molecule has 2 saturated carbocycles. The summed E-state index contributed by atoms with van der Waals surface area (Å²) in [5.74, 6) is -2.70. The highest BCUT2D eigenvalue weighted by Gasteiger charge is 2.67. The number of rotatable bonds is 5. The Kier molecular flexibility index (Phi) is 6.80. The summed E-state index contributed by atoms with van der Waals surface area (Å²) in [5.41, 5.74) is 1.27. The third-order valence-electron chi connectivity index (χ3n) is 6.64. The van der Waals surface area contributed by atoms with Gasteiger partial charge in [-0.15, -0.1) is 0 Å². The van der Waals surface area contributed by atoms with Crippen molar-refractivity contribution >= 4 is 88.8 Å². The predicted molar refractivity (Wildman–Crippen MR) is 129 cm³/mol. The number of aryl methyl sites for hydroxylation is 1. The van der Waals surface area contributed by atoms with Crippen LogP contribution in [0, 0.1) is 30.6 Å². The molecule has 7 atom stereocenters. The maximum absolute atomic E-state index is 13.0. The molecule has 3 amide bonds. The van der Waals surface area contributed by atoms with Gasteiger partial charge in [0.1, 0.15) is 6.04 Å². The van der Waals surface area contributed by atoms with Gasteiger partial charge in [-0.2, -0.15) is 0 Å². The van der Waals surface area contributed by atoms with Gasteiger partial charge in [0.05, 0.1) is 16.9 Å². The van der Waals surface area contributed by atoms with Crippen LogP contribution in [0.2, 0.25) is 5.02 Å². The quantitative estimate of drug-likeness (QED) is 0.294. The highest BCUT2D eigenvalue weighted by molar-refractivity contribution is 9.12. The number of carbonyl (C=O) groups is 4. The van der Waals surface area contributed by atoms with Crippen molar-refractivity contribution in [1.29, 1.82) is 0 Å². The Hall–Kier alpha value is -0.970. The number of esters is 1. The minimum atomic E-state index is -1.10. The predicted octanol–water partition coefficient (Wildman–Crippen LogP) is 4.06. The van der Waals surface area contributed by atoms with Crippen LogP contribution in [0.1, 0.15) is 18.9 Å². The molecule has 0 unspecified atom stereocenters. The summed E-state index contributed by atoms with van der Waals surface area (Å²) < 4.78 is 5.82. The van der Waals surface area contributed by atoms with Crippen molar-refractivity contribution in [3.05, 3.63) is 27.2 Å². The van der Waals surface area contributed by atoms with E-state index in [-0.39, 0.29) is 33.3 Å². The standard InChI is InChI=1S/C21H20Br3ClN2O5/c1-7-3-11(22)12(25)5-13(7)26-14(28)6-32-21(31)8(2)27-19(29)15-9-4-10(16(15)20(27)30)18(24)17(9)23/h3,5,8-10,15-18H,4,6H2,1-2H3,(H,26,28)/t8-,9+,10+,15+,16+,17-,18+/m0/s1. The van der Waals surface area contributed by atoms with Crippen molar-refractivity contribution < 1.29 is 23.9 Å². The molecule has 7 nitrogen and oxygen atoms in total. The van der Waals surface area contributed by atoms with Crippen LogP contribution in [-0.4, -0.2) is 50.9 Å². The molecule has 1 N–H and O–H groups in total. The SMILES string of the molecule is Cc1cc(Br)c(Cl)cc1NC(=O)COC(=O)[C@H](C)N1C(=O)[C@@H]2[C@H]3C[C@@H]([C@@H](Br)[C@H]3Br)[C@H]2C1=O. The first-order chi connectivity index (χ1) is 15.0. The molecule has 32 heavy (non-hydrogen) atoms. The average Bonchev–Trinajstić information content (AvgIpc) is 3.34. The van der Waals surface area contributed by atoms with Crippen LogP contribution >= 0.6 is 59.4 Å². The summed E-state index contributed by atoms with van der Waals surface area (Å²) in [5, 5.41) is 3.07. The van der Waals surface area contributed by atoms with E-state index < -0.39 is 36.4 Å². The summed E-state index contributed by atoms with van der Waals surface area (Å²) >= 11 is 16.6. The number of amides is 3. The molecule has 1 aliphatic heterocycles. The summed E-state index contributed by atoms with van der Waals surface area (Å²) in [6.07, 6.45) is 0.810. The van der Waals surface area contributed by atoms with Crippen LogP contribution in [-0.2, 0) is 23.9 Å². The van der Waals surface area contributed by atoms with Crippen LogP contribution in [0.3, 0.4) is 0 Å². The minimum absolute atomic E-state index is 0.0609. The molecule has 11 heteroatoms. The average molecular weight is 656 g/mol. The van der Waals surface area contributed by atoms with Crippen molar-refractivity contribution in [2.45, 2.75) is 36.0 Å². The molecule has 0 spiro atoms. The van der Waals surface area contributed by atoms with Gasteiger partial charge in [-0.3, -0.25) is 19.3 Å². The molecule has 2 aliphatic carbocycles. The molecule has 1 aromatic carbocycles. The highest BCUT2D eigenvalue weighted by Crippen LogP contribution is 2.60. The number of likely N-dealkylation sites (tertiary alicyclic amines) is 1. The smallest absolute Gasteiger partial charge is 0.329 e. The van der Waals surface area contributed by atoms with Gasteiger partial charge in [-0.1, -0.05) is 43.5 Å². The van der Waals surface area contributed by atoms with Gasteiger partial charge in [0.2, 0.25) is 11.8 Å². The number of hydrogen-bond donors (Lipinski definition) is 1. The van der Waals surface area contributed by atoms with Crippen LogP contribution in [0.4, 0.5) is 5.69 Å². The largest absolute Gasteiger partial charge is 0.454 e. The topological polar surface area (TPSA) is 92.8 Å². The summed E-state index contributed by atoms with van der Waals surface area (Å²) in [6.45, 7) is 2.71. The van der Waals surface area contributed by atoms with Crippen molar-refractivity contribution in [3.8, 4) is 0 Å². The van der Waals surface area contributed by atoms with E-state index in [4.69, 9.17) is 16.3 Å². The monoisotopic (exact) mass is 652 g/mol. The van der Waals surface area contributed by atoms with E-state index in [0.29, 0.717) is 15.2 Å². The summed E-state index contributed by atoms with van der Waals surface area (Å²) in [6, 6.07) is 2.25. The van der Waals surface area contributed by atoms with Crippen molar-refractivity contribution in [2.75, 3.05) is 11.9 Å². The molecule has 3 aliphatic rings. The van der Waals surface area contributed by atoms with Crippen LogP contribution < -0.4 is 5.32 Å². The van der Waals surface area contributed by atoms with Gasteiger partial charge in [-0.25, -0.2) is 4.79 Å². The second kappa shape index (κ2) is 9.00. The van der Waals surface area contributed by atoms with E-state index in [2.05, 4.69) is 53.1 Å². The van der Waals surface area contributed by atoms with E-state index in [9.17, 15) is 19.2 Å². The number of imide groups is 1. The van der Waals surface area contributed by atoms with Gasteiger partial charge < -0.3 is 10.1 Å². The number of alkyl halides is 2. The number of carbonyl (C=O) groups excluding carboxylic acids is 4. The number of hydrogen-bond acceptors (Lipinski definition) is 5. The summed E-state index contributed by atoms with van der Waals surface area (Å²) in [7, 11) is 0. The van der Waals surface area contributed by atoms with Gasteiger partial charge in [0.25, 0.3) is 5.91 Å². The number of anilines is 1. The normalized spacial score (nSPS) is 31.6. The fourth-order valence-corrected chi connectivity index (χ4v) is 7.58. The fourth-order valence-electron chi connectivity index (χ4n) is 5.08. The lowest BCUT2D eigenvalue weighted by atomic mass is 9.81. The molecule has 0 radical (unpaired) electrons. The Morgan fingerprint density at radius 2 is 1.75 bits per heavy atom. The Labute approximate surface area is 215 Å². The van der Waals surface area contributed by atoms with E-state index in [1.54, 1.807) is 19.1 Å². The number of benzene rings is 1. The Morgan fingerprint density at radius 3 is 2.31 bits per heavy atom. The number of nitrogens with one attached hydrogen (secondary N) is 1. The van der Waals surface area contributed by atoms with Crippen molar-refractivity contribution in [3.63, 3.8) is 0 Å². The lowest BCUT2D eigenvalue weighted by Crippen LogP contribution is -2.45. The Balaban J connectivity index is 1.37. The molecular weight excluding hydrogens is 635 g/mol. The van der Waals surface area contributed by atoms with Gasteiger partial charge in [0, 0.05) is 19.8 Å². The third kappa shape index (κ3) is 3.95. The molecule has 2 bridgehead atoms. The lowest BCUT2D eigenvalue weighted by Gasteiger charge is -2.28. The molecule has 172 valence electrons. The maximum atomic E-state index is 13.0. The lowest BCUT2D eigenvalue weighted by molar-refractivity contribution is -0.159. The van der Waals surface area contributed by atoms with Gasteiger partial charge >= 0.3 is 5.97 Å². The van der Waals surface area contributed by atoms with E-state index in [0.717, 1.165) is 16.9 Å². The second-order valence-electron chi connectivity index (χ2n) is 8.46. The number of nitrogens with zero attached hydrogens (tertiary/aromatic N) is 1. The highest BCUT2D eigenvalue weighted by atomic mass is 79.9. The zero-order chi connectivity index (χ0) is 23.5. The van der Waals surface area contributed by atoms with Crippen LogP contribution in [0.25, 0.3) is 0 Å². The van der Waals surface area contributed by atoms with Crippen molar-refractivity contribution in [1.82, 2.24) is 4.90 Å². The van der Waals surface area contributed by atoms with E-state index in [1.165, 1.54) is 6.92 Å². The zero-order valence-corrected chi connectivity index (χ0v) is 22.6. The minimum Gasteiger partial charge on any atom is -0.454 e. The second-order valence-corrected chi connectivity index (χ2v) is 11.8. The molecule has 3 fully saturated rings. The number of ether oxygens (including phenoxy) is 1. The zero-order valence-electron chi connectivity index (χ0n) is 17.1. The summed E-state index contributed by atoms with van der Waals surface area (Å²) in [4.78, 5) is 52.2. The molecular formula is C21H20Br3ClN2O5. The Bertz CT molecular complexity index is 989. The van der Waals surface area contributed by atoms with E-state index >= 15 is 0 Å². The first-order valence-corrected chi connectivity index (χ1v) is 13.1. The first kappa shape index (κ1) is 24.2. The molecule has 4 rings (SSSR count). The molecule has 1 heterocycles. The number of fused-ring (bicyclic) bond motifs is 5. The Morgan fingerprint density at radius 1 is 1.19 bits per heavy atom. The molecule has 1 saturated heterocycles. The maximum Gasteiger partial charge on any atom is 0.329 e. The third-order valence-corrected chi connectivity index (χ3v) is 11.0. The van der Waals surface area contributed by atoms with Crippen LogP contribution in [0.15, 0.2) is 16.6 Å². The fraction of sp³-hybridized carbons (Fsp3) is 0.524. The van der Waals surface area contributed by atoms with Crippen LogP contribution in [0.5, 0.6) is 0 Å². The van der Waals surface area contributed by atoms with Crippen molar-refractivity contribution in [2.24, 2.45) is 23.7 Å². The first-order valence-electron chi connectivity index (χ1n) is 10.1. The van der Waals surface area contributed by atoms with Gasteiger partial charge in [-0.05, 0) is 65.7 Å². The van der Waals surface area contributed by atoms with Gasteiger partial charge in [0.15, 0.2) is 6.61 Å². The van der Waals surface area contributed by atoms with E-state index in [1.807, 2.05) is 0 Å².